The molecular formula is C15H18N2O2. The van der Waals surface area contributed by atoms with Gasteiger partial charge in [0.25, 0.3) is 0 Å². The van der Waals surface area contributed by atoms with Gasteiger partial charge in [0.1, 0.15) is 5.69 Å². The molecule has 0 bridgehead atoms. The van der Waals surface area contributed by atoms with Crippen LogP contribution in [0.3, 0.4) is 0 Å². The molecule has 0 spiro atoms. The van der Waals surface area contributed by atoms with Crippen LogP contribution in [0.15, 0.2) is 41.1 Å². The summed E-state index contributed by atoms with van der Waals surface area (Å²) in [5.74, 6) is 1.14. The summed E-state index contributed by atoms with van der Waals surface area (Å²) < 4.78 is 5.36. The number of carbonyl (C=O) groups is 1. The number of furan rings is 1. The van der Waals surface area contributed by atoms with Crippen LogP contribution >= 0.6 is 0 Å². The van der Waals surface area contributed by atoms with Crippen LogP contribution in [0, 0.1) is 5.92 Å². The molecule has 4 heteroatoms. The van der Waals surface area contributed by atoms with Gasteiger partial charge in [0.05, 0.1) is 6.26 Å². The minimum absolute atomic E-state index is 0.0595. The molecule has 0 aliphatic heterocycles. The van der Waals surface area contributed by atoms with Crippen molar-refractivity contribution in [3.8, 4) is 11.5 Å². The van der Waals surface area contributed by atoms with Crippen LogP contribution in [-0.4, -0.2) is 10.9 Å². The molecule has 2 aromatic heterocycles. The lowest BCUT2D eigenvalue weighted by molar-refractivity contribution is -0.121. The first-order valence-corrected chi connectivity index (χ1v) is 6.41. The third-order valence-electron chi connectivity index (χ3n) is 2.72. The van der Waals surface area contributed by atoms with Crippen molar-refractivity contribution in [3.63, 3.8) is 0 Å². The molecule has 2 aromatic rings. The first-order chi connectivity index (χ1) is 9.16. The highest BCUT2D eigenvalue weighted by Gasteiger charge is 2.10. The summed E-state index contributed by atoms with van der Waals surface area (Å²) in [6.45, 7) is 4.52. The minimum atomic E-state index is 0.0595. The molecule has 4 nitrogen and oxygen atoms in total. The van der Waals surface area contributed by atoms with E-state index in [0.29, 0.717) is 24.6 Å². The van der Waals surface area contributed by atoms with Crippen molar-refractivity contribution < 1.29 is 9.21 Å². The Morgan fingerprint density at radius 2 is 2.21 bits per heavy atom. The number of nitrogens with zero attached hydrogens (tertiary/aromatic N) is 1. The van der Waals surface area contributed by atoms with Gasteiger partial charge in [-0.15, -0.1) is 0 Å². The van der Waals surface area contributed by atoms with E-state index in [0.717, 1.165) is 11.3 Å². The zero-order chi connectivity index (χ0) is 13.7. The van der Waals surface area contributed by atoms with Crippen LogP contribution in [0.4, 0.5) is 0 Å². The average molecular weight is 258 g/mol. The summed E-state index contributed by atoms with van der Waals surface area (Å²) in [4.78, 5) is 16.0. The molecular weight excluding hydrogens is 240 g/mol. The molecule has 0 atom stereocenters. The molecule has 0 radical (unpaired) electrons. The molecule has 1 amide bonds. The molecule has 0 aliphatic carbocycles. The molecule has 0 saturated carbocycles. The molecule has 2 heterocycles. The second-order valence-electron chi connectivity index (χ2n) is 4.86. The van der Waals surface area contributed by atoms with Gasteiger partial charge in [0.15, 0.2) is 5.76 Å². The molecule has 0 aliphatic rings. The first-order valence-electron chi connectivity index (χ1n) is 6.41. The van der Waals surface area contributed by atoms with Gasteiger partial charge in [-0.05, 0) is 24.1 Å². The van der Waals surface area contributed by atoms with Gasteiger partial charge < -0.3 is 9.73 Å². The van der Waals surface area contributed by atoms with E-state index in [-0.39, 0.29) is 5.91 Å². The number of aromatic nitrogens is 1. The topological polar surface area (TPSA) is 55.1 Å². The maximum absolute atomic E-state index is 11.7. The van der Waals surface area contributed by atoms with E-state index >= 15 is 0 Å². The van der Waals surface area contributed by atoms with Crippen molar-refractivity contribution >= 4 is 5.91 Å². The fourth-order valence-electron chi connectivity index (χ4n) is 1.85. The van der Waals surface area contributed by atoms with Gasteiger partial charge in [0.2, 0.25) is 5.91 Å². The van der Waals surface area contributed by atoms with E-state index in [1.165, 1.54) is 0 Å². The van der Waals surface area contributed by atoms with Crippen molar-refractivity contribution in [2.45, 2.75) is 26.8 Å². The lowest BCUT2D eigenvalue weighted by Crippen LogP contribution is -2.24. The number of hydrogen-bond donors (Lipinski definition) is 1. The molecule has 0 unspecified atom stereocenters. The third kappa shape index (κ3) is 3.68. The van der Waals surface area contributed by atoms with Gasteiger partial charge in [-0.25, -0.2) is 0 Å². The van der Waals surface area contributed by atoms with E-state index in [4.69, 9.17) is 4.42 Å². The Kier molecular flexibility index (Phi) is 4.34. The smallest absolute Gasteiger partial charge is 0.220 e. The first kappa shape index (κ1) is 13.3. The Morgan fingerprint density at radius 3 is 2.89 bits per heavy atom. The number of rotatable bonds is 5. The van der Waals surface area contributed by atoms with E-state index in [2.05, 4.69) is 10.3 Å². The Hall–Kier alpha value is -2.10. The highest BCUT2D eigenvalue weighted by atomic mass is 16.3. The van der Waals surface area contributed by atoms with Crippen LogP contribution in [0.1, 0.15) is 25.8 Å². The largest absolute Gasteiger partial charge is 0.463 e. The molecule has 0 saturated heterocycles. The van der Waals surface area contributed by atoms with Crippen molar-refractivity contribution in [2.75, 3.05) is 0 Å². The highest BCUT2D eigenvalue weighted by Crippen LogP contribution is 2.21. The fraction of sp³-hybridized carbons (Fsp3) is 0.333. The van der Waals surface area contributed by atoms with Crippen molar-refractivity contribution in [1.29, 1.82) is 0 Å². The van der Waals surface area contributed by atoms with Crippen LogP contribution in [0.5, 0.6) is 0 Å². The van der Waals surface area contributed by atoms with Crippen LogP contribution in [0.25, 0.3) is 11.5 Å². The van der Waals surface area contributed by atoms with Gasteiger partial charge >= 0.3 is 0 Å². The van der Waals surface area contributed by atoms with Crippen LogP contribution < -0.4 is 5.32 Å². The lowest BCUT2D eigenvalue weighted by atomic mass is 10.1. The summed E-state index contributed by atoms with van der Waals surface area (Å²) in [6.07, 6.45) is 3.87. The van der Waals surface area contributed by atoms with Crippen molar-refractivity contribution in [1.82, 2.24) is 10.3 Å². The Balaban J connectivity index is 2.07. The maximum atomic E-state index is 11.7. The Morgan fingerprint density at radius 1 is 1.37 bits per heavy atom. The van der Waals surface area contributed by atoms with Gasteiger partial charge in [0, 0.05) is 24.7 Å². The second kappa shape index (κ2) is 6.18. The predicted octanol–water partition coefficient (Wildman–Crippen LogP) is 3.00. The summed E-state index contributed by atoms with van der Waals surface area (Å²) in [5.41, 5.74) is 1.73. The molecule has 2 rings (SSSR count). The lowest BCUT2D eigenvalue weighted by Gasteiger charge is -2.09. The van der Waals surface area contributed by atoms with Gasteiger partial charge in [-0.1, -0.05) is 19.9 Å². The highest BCUT2D eigenvalue weighted by molar-refractivity contribution is 5.76. The molecule has 0 aromatic carbocycles. The second-order valence-corrected chi connectivity index (χ2v) is 4.86. The normalized spacial score (nSPS) is 10.7. The maximum Gasteiger partial charge on any atom is 0.220 e. The third-order valence-corrected chi connectivity index (χ3v) is 2.72. The summed E-state index contributed by atoms with van der Waals surface area (Å²) in [5, 5.41) is 2.91. The summed E-state index contributed by atoms with van der Waals surface area (Å²) >= 11 is 0. The quantitative estimate of drug-likeness (QED) is 0.897. The average Bonchev–Trinajstić information content (AvgIpc) is 2.89. The molecule has 100 valence electrons. The predicted molar refractivity (Wildman–Crippen MR) is 73.2 cm³/mol. The summed E-state index contributed by atoms with van der Waals surface area (Å²) in [6, 6.07) is 7.49. The van der Waals surface area contributed by atoms with E-state index in [1.54, 1.807) is 12.5 Å². The number of carbonyl (C=O) groups excluding carboxylic acids is 1. The van der Waals surface area contributed by atoms with Crippen molar-refractivity contribution in [2.24, 2.45) is 5.92 Å². The minimum Gasteiger partial charge on any atom is -0.463 e. The number of hydrogen-bond acceptors (Lipinski definition) is 3. The Bertz CT molecular complexity index is 533. The molecule has 19 heavy (non-hydrogen) atoms. The summed E-state index contributed by atoms with van der Waals surface area (Å²) in [7, 11) is 0. The van der Waals surface area contributed by atoms with Crippen LogP contribution in [0.2, 0.25) is 0 Å². The molecule has 0 fully saturated rings. The Labute approximate surface area is 112 Å². The number of amides is 1. The van der Waals surface area contributed by atoms with Crippen LogP contribution in [-0.2, 0) is 11.3 Å². The SMILES string of the molecule is CC(C)CC(=O)NCc1cccnc1-c1ccco1. The van der Waals surface area contributed by atoms with Gasteiger partial charge in [-0.3, -0.25) is 9.78 Å². The number of pyridine rings is 1. The van der Waals surface area contributed by atoms with Gasteiger partial charge in [-0.2, -0.15) is 0 Å². The molecule has 1 N–H and O–H groups in total. The van der Waals surface area contributed by atoms with E-state index < -0.39 is 0 Å². The zero-order valence-corrected chi connectivity index (χ0v) is 11.2. The van der Waals surface area contributed by atoms with Crippen molar-refractivity contribution in [3.05, 3.63) is 42.3 Å². The standard InChI is InChI=1S/C15H18N2O2/c1-11(2)9-14(18)17-10-12-5-3-7-16-15(12)13-6-4-8-19-13/h3-8,11H,9-10H2,1-2H3,(H,17,18). The monoisotopic (exact) mass is 258 g/mol. The van der Waals surface area contributed by atoms with E-state index in [1.807, 2.05) is 38.1 Å². The van der Waals surface area contributed by atoms with E-state index in [9.17, 15) is 4.79 Å². The number of nitrogens with one attached hydrogen (secondary N) is 1. The fourth-order valence-corrected chi connectivity index (χ4v) is 1.85. The zero-order valence-electron chi connectivity index (χ0n) is 11.2.